The van der Waals surface area contributed by atoms with E-state index in [0.717, 1.165) is 54.1 Å². The van der Waals surface area contributed by atoms with Crippen molar-refractivity contribution < 1.29 is 4.79 Å². The van der Waals surface area contributed by atoms with Crippen molar-refractivity contribution in [1.29, 1.82) is 5.26 Å². The summed E-state index contributed by atoms with van der Waals surface area (Å²) < 4.78 is 1.75. The lowest BCUT2D eigenvalue weighted by atomic mass is 9.90. The fraction of sp³-hybridized carbons (Fsp3) is 0.267. The van der Waals surface area contributed by atoms with Gasteiger partial charge in [-0.2, -0.15) is 10.4 Å². The maximum atomic E-state index is 13.6. The second kappa shape index (κ2) is 12.1. The number of hydrogen-bond acceptors (Lipinski definition) is 6. The zero-order valence-corrected chi connectivity index (χ0v) is 21.9. The van der Waals surface area contributed by atoms with Gasteiger partial charge in [-0.25, -0.2) is 9.78 Å². The van der Waals surface area contributed by atoms with Gasteiger partial charge in [0.15, 0.2) is 0 Å². The molecule has 2 aromatic carbocycles. The van der Waals surface area contributed by atoms with Crippen LogP contribution in [0.5, 0.6) is 0 Å². The van der Waals surface area contributed by atoms with E-state index in [1.165, 1.54) is 0 Å². The van der Waals surface area contributed by atoms with E-state index >= 15 is 0 Å². The van der Waals surface area contributed by atoms with Crippen LogP contribution in [0.25, 0.3) is 0 Å². The molecule has 9 heteroatoms. The molecular weight excluding hydrogens is 488 g/mol. The second-order valence-electron chi connectivity index (χ2n) is 9.78. The summed E-state index contributed by atoms with van der Waals surface area (Å²) >= 11 is 0. The van der Waals surface area contributed by atoms with Gasteiger partial charge in [0.2, 0.25) is 0 Å². The van der Waals surface area contributed by atoms with E-state index < -0.39 is 0 Å². The van der Waals surface area contributed by atoms with Crippen LogP contribution in [-0.2, 0) is 13.6 Å². The van der Waals surface area contributed by atoms with Crippen molar-refractivity contribution >= 4 is 28.9 Å². The van der Waals surface area contributed by atoms with Gasteiger partial charge in [0.05, 0.1) is 17.4 Å². The van der Waals surface area contributed by atoms with Crippen LogP contribution in [-0.4, -0.2) is 32.9 Å². The van der Waals surface area contributed by atoms with E-state index in [4.69, 9.17) is 5.26 Å². The van der Waals surface area contributed by atoms with Gasteiger partial charge in [-0.05, 0) is 67.6 Å². The monoisotopic (exact) mass is 520 g/mol. The lowest BCUT2D eigenvalue weighted by Gasteiger charge is -2.37. The molecule has 1 aliphatic carbocycles. The number of urea groups is 1. The number of carbonyl (C=O) groups is 1. The van der Waals surface area contributed by atoms with Crippen LogP contribution in [0.15, 0.2) is 85.3 Å². The third kappa shape index (κ3) is 6.73. The Labute approximate surface area is 228 Å². The van der Waals surface area contributed by atoms with Gasteiger partial charge >= 0.3 is 6.03 Å². The van der Waals surface area contributed by atoms with Crippen LogP contribution in [0, 0.1) is 11.3 Å². The first-order valence-corrected chi connectivity index (χ1v) is 13.2. The lowest BCUT2D eigenvalue weighted by Crippen LogP contribution is -2.48. The Morgan fingerprint density at radius 1 is 1.00 bits per heavy atom. The molecule has 1 aliphatic rings. The first-order chi connectivity index (χ1) is 19.1. The second-order valence-corrected chi connectivity index (χ2v) is 9.78. The number of anilines is 4. The summed E-state index contributed by atoms with van der Waals surface area (Å²) in [4.78, 5) is 19.8. The number of nitrogens with one attached hydrogen (secondary N) is 3. The Morgan fingerprint density at radius 3 is 2.41 bits per heavy atom. The fourth-order valence-corrected chi connectivity index (χ4v) is 4.94. The van der Waals surface area contributed by atoms with Crippen LogP contribution in [0.1, 0.15) is 36.8 Å². The molecule has 1 fully saturated rings. The molecule has 2 amide bonds. The summed E-state index contributed by atoms with van der Waals surface area (Å²) in [6, 6.07) is 23.9. The Bertz CT molecular complexity index is 1400. The average molecular weight is 521 g/mol. The zero-order chi connectivity index (χ0) is 27.0. The maximum absolute atomic E-state index is 13.6. The highest BCUT2D eigenvalue weighted by molar-refractivity contribution is 5.93. The van der Waals surface area contributed by atoms with Gasteiger partial charge < -0.3 is 16.0 Å². The van der Waals surface area contributed by atoms with Crippen LogP contribution >= 0.6 is 0 Å². The number of nitrogens with zero attached hydrogens (tertiary/aromatic N) is 5. The van der Waals surface area contributed by atoms with Crippen LogP contribution in [0.3, 0.4) is 0 Å². The first kappa shape index (κ1) is 25.8. The Balaban J connectivity index is 1.27. The zero-order valence-electron chi connectivity index (χ0n) is 21.9. The van der Waals surface area contributed by atoms with Crippen LogP contribution in [0.2, 0.25) is 0 Å². The molecule has 3 N–H and O–H groups in total. The highest BCUT2D eigenvalue weighted by Gasteiger charge is 2.30. The van der Waals surface area contributed by atoms with Crippen molar-refractivity contribution in [3.05, 3.63) is 96.4 Å². The van der Waals surface area contributed by atoms with Crippen molar-refractivity contribution in [2.45, 2.75) is 44.3 Å². The Kier molecular flexibility index (Phi) is 8.03. The summed E-state index contributed by atoms with van der Waals surface area (Å²) in [7, 11) is 1.88. The van der Waals surface area contributed by atoms with Crippen molar-refractivity contribution in [3.63, 3.8) is 0 Å². The number of aromatic nitrogens is 3. The topological polar surface area (TPSA) is 111 Å². The van der Waals surface area contributed by atoms with E-state index in [1.54, 1.807) is 23.1 Å². The highest BCUT2D eigenvalue weighted by Crippen LogP contribution is 2.30. The standard InChI is InChI=1S/C30H32N8O/c1-37-21-26(20-34-37)35-24-8-12-27(13-9-24)38(30(39)33-18-22-5-3-2-4-6-22)28-14-10-25(11-15-28)36-29-16-7-23(17-31)19-32-29/h2-9,12-13,16,19-21,25,28,35H,10-11,14-15,18H2,1H3,(H,32,36)(H,33,39)/t25-,28-. The molecule has 0 radical (unpaired) electrons. The van der Waals surface area contributed by atoms with Gasteiger partial charge in [-0.3, -0.25) is 9.58 Å². The molecule has 39 heavy (non-hydrogen) atoms. The van der Waals surface area contributed by atoms with Gasteiger partial charge in [-0.1, -0.05) is 30.3 Å². The maximum Gasteiger partial charge on any atom is 0.322 e. The summed E-state index contributed by atoms with van der Waals surface area (Å²) in [5, 5.41) is 23.2. The molecular formula is C30H32N8O. The van der Waals surface area contributed by atoms with Gasteiger partial charge in [-0.15, -0.1) is 0 Å². The predicted octanol–water partition coefficient (Wildman–Crippen LogP) is 5.57. The van der Waals surface area contributed by atoms with E-state index in [9.17, 15) is 4.79 Å². The molecule has 198 valence electrons. The van der Waals surface area contributed by atoms with E-state index in [0.29, 0.717) is 12.1 Å². The highest BCUT2D eigenvalue weighted by atomic mass is 16.2. The summed E-state index contributed by atoms with van der Waals surface area (Å²) in [6.45, 7) is 0.470. The Morgan fingerprint density at radius 2 is 1.77 bits per heavy atom. The molecule has 0 unspecified atom stereocenters. The third-order valence-electron chi connectivity index (χ3n) is 6.95. The molecule has 0 aliphatic heterocycles. The van der Waals surface area contributed by atoms with Crippen molar-refractivity contribution in [2.24, 2.45) is 7.05 Å². The molecule has 0 bridgehead atoms. The number of hydrogen-bond donors (Lipinski definition) is 3. The number of pyridine rings is 1. The fourth-order valence-electron chi connectivity index (χ4n) is 4.94. The summed E-state index contributed by atoms with van der Waals surface area (Å²) in [5.74, 6) is 0.770. The largest absolute Gasteiger partial charge is 0.367 e. The van der Waals surface area contributed by atoms with Crippen LogP contribution < -0.4 is 20.9 Å². The number of rotatable bonds is 8. The van der Waals surface area contributed by atoms with Crippen molar-refractivity contribution in [1.82, 2.24) is 20.1 Å². The normalized spacial score (nSPS) is 16.6. The van der Waals surface area contributed by atoms with Gasteiger partial charge in [0, 0.05) is 49.4 Å². The average Bonchev–Trinajstić information content (AvgIpc) is 3.39. The molecule has 0 spiro atoms. The molecule has 9 nitrogen and oxygen atoms in total. The minimum Gasteiger partial charge on any atom is -0.367 e. The van der Waals surface area contributed by atoms with E-state index in [2.05, 4.69) is 32.1 Å². The Hall–Kier alpha value is -4.84. The van der Waals surface area contributed by atoms with Crippen molar-refractivity contribution in [2.75, 3.05) is 15.5 Å². The molecule has 2 heterocycles. The quantitative estimate of drug-likeness (QED) is 0.280. The van der Waals surface area contributed by atoms with E-state index in [-0.39, 0.29) is 18.1 Å². The van der Waals surface area contributed by atoms with Gasteiger partial charge in [0.25, 0.3) is 0 Å². The molecule has 4 aromatic rings. The summed E-state index contributed by atoms with van der Waals surface area (Å²) in [5.41, 5.74) is 4.31. The number of amides is 2. The molecule has 5 rings (SSSR count). The third-order valence-corrected chi connectivity index (χ3v) is 6.95. The van der Waals surface area contributed by atoms with Crippen molar-refractivity contribution in [3.8, 4) is 6.07 Å². The van der Waals surface area contributed by atoms with Crippen LogP contribution in [0.4, 0.5) is 27.7 Å². The number of aryl methyl sites for hydroxylation is 1. The lowest BCUT2D eigenvalue weighted by molar-refractivity contribution is 0.240. The molecule has 0 saturated heterocycles. The molecule has 2 aromatic heterocycles. The van der Waals surface area contributed by atoms with Gasteiger partial charge in [0.1, 0.15) is 11.9 Å². The minimum atomic E-state index is -0.100. The molecule has 0 atom stereocenters. The SMILES string of the molecule is Cn1cc(Nc2ccc(N(C(=O)NCc3ccccc3)[C@H]3CC[C@H](Nc4ccc(C#N)cn4)CC3)cc2)cn1. The molecule has 1 saturated carbocycles. The van der Waals surface area contributed by atoms with E-state index in [1.807, 2.05) is 78.8 Å². The number of nitriles is 1. The predicted molar refractivity (Wildman–Crippen MR) is 153 cm³/mol. The minimum absolute atomic E-state index is 0.0740. The first-order valence-electron chi connectivity index (χ1n) is 13.2. The number of benzene rings is 2. The smallest absolute Gasteiger partial charge is 0.322 e. The number of carbonyl (C=O) groups excluding carboxylic acids is 1. The summed E-state index contributed by atoms with van der Waals surface area (Å²) in [6.07, 6.45) is 8.82.